The number of carbonyl (C=O) groups is 1. The number of rotatable bonds is 1. The molecule has 19 heavy (non-hydrogen) atoms. The van der Waals surface area contributed by atoms with E-state index in [9.17, 15) is 9.90 Å². The Labute approximate surface area is 115 Å². The van der Waals surface area contributed by atoms with Crippen LogP contribution in [0.25, 0.3) is 0 Å². The molecule has 0 bridgehead atoms. The number of hydrogen-bond donors (Lipinski definition) is 1. The van der Waals surface area contributed by atoms with Crippen molar-refractivity contribution in [3.8, 4) is 0 Å². The van der Waals surface area contributed by atoms with E-state index in [0.29, 0.717) is 19.5 Å². The number of likely N-dealkylation sites (tertiary alicyclic amines) is 1. The highest BCUT2D eigenvalue weighted by Gasteiger charge is 2.45. The van der Waals surface area contributed by atoms with Gasteiger partial charge in [0.25, 0.3) is 5.91 Å². The predicted molar refractivity (Wildman–Crippen MR) is 75.1 cm³/mol. The first kappa shape index (κ1) is 14.1. The normalized spacial score (nSPS) is 26.5. The second-order valence-electron chi connectivity index (χ2n) is 6.56. The number of carbonyl (C=O) groups excluding carboxylic acids is 1. The van der Waals surface area contributed by atoms with Crippen molar-refractivity contribution in [3.05, 3.63) is 23.5 Å². The minimum atomic E-state index is -0.713. The van der Waals surface area contributed by atoms with Crippen molar-refractivity contribution in [1.29, 1.82) is 0 Å². The lowest BCUT2D eigenvalue weighted by molar-refractivity contribution is -0.0971. The third kappa shape index (κ3) is 2.29. The van der Waals surface area contributed by atoms with Crippen molar-refractivity contribution in [3.63, 3.8) is 0 Å². The molecule has 1 aromatic heterocycles. The van der Waals surface area contributed by atoms with Gasteiger partial charge < -0.3 is 14.6 Å². The molecule has 0 saturated carbocycles. The van der Waals surface area contributed by atoms with Gasteiger partial charge in [-0.05, 0) is 26.3 Å². The summed E-state index contributed by atoms with van der Waals surface area (Å²) in [7, 11) is 1.94. The standard InChI is InChI=1S/C15H24N2O2/c1-11-12(6-8-16(11)5)13(18)17-9-7-15(4,19)14(2,3)10-17/h6,8,19H,7,9-10H2,1-5H3/t15-/m1/s1. The van der Waals surface area contributed by atoms with Crippen molar-refractivity contribution in [2.24, 2.45) is 12.5 Å². The topological polar surface area (TPSA) is 45.5 Å². The Morgan fingerprint density at radius 2 is 2.00 bits per heavy atom. The van der Waals surface area contributed by atoms with E-state index in [-0.39, 0.29) is 11.3 Å². The van der Waals surface area contributed by atoms with Crippen molar-refractivity contribution in [1.82, 2.24) is 9.47 Å². The molecule has 0 aliphatic carbocycles. The van der Waals surface area contributed by atoms with E-state index in [4.69, 9.17) is 0 Å². The first-order valence-corrected chi connectivity index (χ1v) is 6.79. The smallest absolute Gasteiger partial charge is 0.255 e. The van der Waals surface area contributed by atoms with Crippen LogP contribution in [0.5, 0.6) is 0 Å². The summed E-state index contributed by atoms with van der Waals surface area (Å²) >= 11 is 0. The Kier molecular flexibility index (Phi) is 3.25. The number of nitrogens with zero attached hydrogens (tertiary/aromatic N) is 2. The lowest BCUT2D eigenvalue weighted by Gasteiger charge is -2.48. The highest BCUT2D eigenvalue weighted by molar-refractivity contribution is 5.95. The number of piperidine rings is 1. The molecule has 0 spiro atoms. The van der Waals surface area contributed by atoms with Crippen LogP contribution >= 0.6 is 0 Å². The average molecular weight is 264 g/mol. The lowest BCUT2D eigenvalue weighted by atomic mass is 9.71. The molecular formula is C15H24N2O2. The van der Waals surface area contributed by atoms with E-state index >= 15 is 0 Å². The molecule has 4 nitrogen and oxygen atoms in total. The van der Waals surface area contributed by atoms with Crippen molar-refractivity contribution < 1.29 is 9.90 Å². The Hall–Kier alpha value is -1.29. The molecular weight excluding hydrogens is 240 g/mol. The van der Waals surface area contributed by atoms with E-state index in [2.05, 4.69) is 0 Å². The van der Waals surface area contributed by atoms with Crippen LogP contribution in [0.1, 0.15) is 43.2 Å². The van der Waals surface area contributed by atoms with Crippen molar-refractivity contribution in [2.75, 3.05) is 13.1 Å². The van der Waals surface area contributed by atoms with E-state index in [1.165, 1.54) is 0 Å². The zero-order chi connectivity index (χ0) is 14.4. The van der Waals surface area contributed by atoms with Crippen LogP contribution in [-0.4, -0.2) is 39.2 Å². The number of amides is 1. The van der Waals surface area contributed by atoms with Gasteiger partial charge in [0.05, 0.1) is 11.2 Å². The van der Waals surface area contributed by atoms with Gasteiger partial charge in [-0.3, -0.25) is 4.79 Å². The van der Waals surface area contributed by atoms with Gasteiger partial charge in [-0.15, -0.1) is 0 Å². The maximum Gasteiger partial charge on any atom is 0.255 e. The van der Waals surface area contributed by atoms with Crippen LogP contribution in [0.3, 0.4) is 0 Å². The molecule has 1 aliphatic rings. The Morgan fingerprint density at radius 1 is 1.37 bits per heavy atom. The predicted octanol–water partition coefficient (Wildman–Crippen LogP) is 1.96. The fourth-order valence-corrected chi connectivity index (χ4v) is 2.60. The summed E-state index contributed by atoms with van der Waals surface area (Å²) in [6, 6.07) is 1.87. The van der Waals surface area contributed by atoms with Gasteiger partial charge in [-0.2, -0.15) is 0 Å². The quantitative estimate of drug-likeness (QED) is 0.842. The molecule has 1 aromatic rings. The van der Waals surface area contributed by atoms with Gasteiger partial charge in [0.1, 0.15) is 0 Å². The van der Waals surface area contributed by atoms with E-state index in [0.717, 1.165) is 11.3 Å². The summed E-state index contributed by atoms with van der Waals surface area (Å²) in [5.41, 5.74) is 0.749. The summed E-state index contributed by atoms with van der Waals surface area (Å²) in [5.74, 6) is 0.0710. The summed E-state index contributed by atoms with van der Waals surface area (Å²) in [4.78, 5) is 14.4. The summed E-state index contributed by atoms with van der Waals surface area (Å²) < 4.78 is 1.96. The van der Waals surface area contributed by atoms with Crippen LogP contribution in [0.4, 0.5) is 0 Å². The maximum absolute atomic E-state index is 12.6. The fourth-order valence-electron chi connectivity index (χ4n) is 2.60. The Morgan fingerprint density at radius 3 is 2.47 bits per heavy atom. The second-order valence-corrected chi connectivity index (χ2v) is 6.56. The Balaban J connectivity index is 2.21. The van der Waals surface area contributed by atoms with Gasteiger partial charge in [0.2, 0.25) is 0 Å². The Bertz CT molecular complexity index is 500. The zero-order valence-corrected chi connectivity index (χ0v) is 12.5. The van der Waals surface area contributed by atoms with Gasteiger partial charge in [0, 0.05) is 37.4 Å². The highest BCUT2D eigenvalue weighted by atomic mass is 16.3. The maximum atomic E-state index is 12.6. The first-order valence-electron chi connectivity index (χ1n) is 6.79. The number of aromatic nitrogens is 1. The fraction of sp³-hybridized carbons (Fsp3) is 0.667. The largest absolute Gasteiger partial charge is 0.389 e. The molecule has 4 heteroatoms. The van der Waals surface area contributed by atoms with Gasteiger partial charge in [-0.1, -0.05) is 13.8 Å². The third-order valence-corrected chi connectivity index (χ3v) is 4.81. The molecule has 1 N–H and O–H groups in total. The monoisotopic (exact) mass is 264 g/mol. The summed E-state index contributed by atoms with van der Waals surface area (Å²) in [5, 5.41) is 10.4. The molecule has 1 fully saturated rings. The molecule has 1 aliphatic heterocycles. The summed E-state index contributed by atoms with van der Waals surface area (Å²) in [6.45, 7) is 9.06. The lowest BCUT2D eigenvalue weighted by Crippen LogP contribution is -2.57. The molecule has 0 aromatic carbocycles. The van der Waals surface area contributed by atoms with Crippen molar-refractivity contribution in [2.45, 2.75) is 39.7 Å². The van der Waals surface area contributed by atoms with Gasteiger partial charge in [-0.25, -0.2) is 0 Å². The number of hydrogen-bond acceptors (Lipinski definition) is 2. The molecule has 2 heterocycles. The molecule has 1 amide bonds. The first-order chi connectivity index (χ1) is 8.66. The van der Waals surface area contributed by atoms with E-state index < -0.39 is 5.60 Å². The molecule has 1 saturated heterocycles. The minimum Gasteiger partial charge on any atom is -0.389 e. The SMILES string of the molecule is Cc1c(C(=O)N2CC[C@@](C)(O)C(C)(C)C2)ccn1C. The van der Waals surface area contributed by atoms with Crippen LogP contribution < -0.4 is 0 Å². The van der Waals surface area contributed by atoms with Gasteiger partial charge in [0.15, 0.2) is 0 Å². The van der Waals surface area contributed by atoms with E-state index in [1.54, 1.807) is 0 Å². The second kappa shape index (κ2) is 4.37. The number of aliphatic hydroxyl groups is 1. The summed E-state index contributed by atoms with van der Waals surface area (Å²) in [6.07, 6.45) is 2.53. The number of aryl methyl sites for hydroxylation is 1. The molecule has 0 unspecified atom stereocenters. The molecule has 1 atom stereocenters. The van der Waals surface area contributed by atoms with Crippen LogP contribution in [0.2, 0.25) is 0 Å². The van der Waals surface area contributed by atoms with Crippen LogP contribution in [0, 0.1) is 12.3 Å². The van der Waals surface area contributed by atoms with Crippen molar-refractivity contribution >= 4 is 5.91 Å². The minimum absolute atomic E-state index is 0.0710. The molecule has 2 rings (SSSR count). The average Bonchev–Trinajstić information content (AvgIpc) is 2.63. The van der Waals surface area contributed by atoms with Gasteiger partial charge >= 0.3 is 0 Å². The van der Waals surface area contributed by atoms with E-state index in [1.807, 2.05) is 56.5 Å². The highest BCUT2D eigenvalue weighted by Crippen LogP contribution is 2.38. The van der Waals surface area contributed by atoms with Crippen LogP contribution in [-0.2, 0) is 7.05 Å². The van der Waals surface area contributed by atoms with Crippen LogP contribution in [0.15, 0.2) is 12.3 Å². The molecule has 0 radical (unpaired) electrons. The molecule has 106 valence electrons. The third-order valence-electron chi connectivity index (χ3n) is 4.81. The zero-order valence-electron chi connectivity index (χ0n) is 12.5.